The predicted octanol–water partition coefficient (Wildman–Crippen LogP) is 3.86. The Morgan fingerprint density at radius 3 is 2.21 bits per heavy atom. The third kappa shape index (κ3) is 2.94. The fraction of sp³-hybridized carbons (Fsp3) is 0.118. The summed E-state index contributed by atoms with van der Waals surface area (Å²) in [7, 11) is -3.88. The SMILES string of the molecule is CC1=C(c2ccc(F)cc2)S(=O)(=O)N=C1Nc1ccc(F)cc1C. The number of hydrogen-bond acceptors (Lipinski definition) is 3. The van der Waals surface area contributed by atoms with Gasteiger partial charge in [0.15, 0.2) is 0 Å². The van der Waals surface area contributed by atoms with Crippen molar-refractivity contribution in [2.45, 2.75) is 13.8 Å². The lowest BCUT2D eigenvalue weighted by Crippen LogP contribution is -2.12. The monoisotopic (exact) mass is 348 g/mol. The van der Waals surface area contributed by atoms with Crippen molar-refractivity contribution >= 4 is 26.5 Å². The molecule has 2 aromatic carbocycles. The number of nitrogens with zero attached hydrogens (tertiary/aromatic N) is 1. The molecular weight excluding hydrogens is 334 g/mol. The molecule has 1 N–H and O–H groups in total. The van der Waals surface area contributed by atoms with E-state index in [1.165, 1.54) is 42.5 Å². The maximum atomic E-state index is 13.2. The zero-order chi connectivity index (χ0) is 17.5. The van der Waals surface area contributed by atoms with E-state index in [9.17, 15) is 17.2 Å². The summed E-state index contributed by atoms with van der Waals surface area (Å²) in [6, 6.07) is 9.32. The normalized spacial score (nSPS) is 16.2. The van der Waals surface area contributed by atoms with Crippen molar-refractivity contribution in [3.63, 3.8) is 0 Å². The van der Waals surface area contributed by atoms with Crippen LogP contribution in [0.1, 0.15) is 18.1 Å². The van der Waals surface area contributed by atoms with Gasteiger partial charge in [-0.2, -0.15) is 8.42 Å². The van der Waals surface area contributed by atoms with Crippen LogP contribution in [-0.4, -0.2) is 14.3 Å². The number of halogens is 2. The first-order valence-electron chi connectivity index (χ1n) is 7.13. The van der Waals surface area contributed by atoms with Crippen molar-refractivity contribution in [2.24, 2.45) is 4.40 Å². The van der Waals surface area contributed by atoms with Crippen molar-refractivity contribution in [1.29, 1.82) is 0 Å². The highest BCUT2D eigenvalue weighted by molar-refractivity contribution is 8.00. The van der Waals surface area contributed by atoms with Crippen LogP contribution in [0.15, 0.2) is 52.4 Å². The molecule has 2 aromatic rings. The highest BCUT2D eigenvalue weighted by Crippen LogP contribution is 2.33. The van der Waals surface area contributed by atoms with Crippen LogP contribution in [0.4, 0.5) is 14.5 Å². The van der Waals surface area contributed by atoms with Gasteiger partial charge < -0.3 is 5.32 Å². The van der Waals surface area contributed by atoms with Gasteiger partial charge in [0, 0.05) is 11.3 Å². The molecule has 0 atom stereocenters. The minimum absolute atomic E-state index is 0.0322. The van der Waals surface area contributed by atoms with Gasteiger partial charge in [-0.25, -0.2) is 8.78 Å². The number of hydrogen-bond donors (Lipinski definition) is 1. The quantitative estimate of drug-likeness (QED) is 0.897. The Hall–Kier alpha value is -2.54. The molecule has 1 heterocycles. The van der Waals surface area contributed by atoms with Gasteiger partial charge in [0.1, 0.15) is 22.4 Å². The Balaban J connectivity index is 2.02. The van der Waals surface area contributed by atoms with E-state index >= 15 is 0 Å². The molecule has 0 saturated heterocycles. The molecule has 0 unspecified atom stereocenters. The molecule has 0 spiro atoms. The molecule has 1 aliphatic heterocycles. The largest absolute Gasteiger partial charge is 0.339 e. The van der Waals surface area contributed by atoms with E-state index in [0.717, 1.165) is 0 Å². The molecule has 1 aliphatic rings. The molecule has 124 valence electrons. The molecule has 3 rings (SSSR count). The fourth-order valence-electron chi connectivity index (χ4n) is 2.51. The highest BCUT2D eigenvalue weighted by atomic mass is 32.2. The molecule has 7 heteroatoms. The van der Waals surface area contributed by atoms with Gasteiger partial charge in [0.05, 0.1) is 0 Å². The van der Waals surface area contributed by atoms with E-state index < -0.39 is 15.8 Å². The molecule has 0 saturated carbocycles. The van der Waals surface area contributed by atoms with Crippen LogP contribution in [0.25, 0.3) is 4.91 Å². The van der Waals surface area contributed by atoms with Crippen molar-refractivity contribution < 1.29 is 17.2 Å². The van der Waals surface area contributed by atoms with E-state index in [-0.39, 0.29) is 16.6 Å². The number of anilines is 1. The Kier molecular flexibility index (Phi) is 3.96. The molecule has 0 aromatic heterocycles. The van der Waals surface area contributed by atoms with Crippen LogP contribution in [0.3, 0.4) is 0 Å². The summed E-state index contributed by atoms with van der Waals surface area (Å²) in [6.45, 7) is 3.32. The Bertz CT molecular complexity index is 978. The van der Waals surface area contributed by atoms with Crippen molar-refractivity contribution in [2.75, 3.05) is 5.32 Å². The number of amidine groups is 1. The Morgan fingerprint density at radius 2 is 1.58 bits per heavy atom. The second kappa shape index (κ2) is 5.83. The Labute approximate surface area is 138 Å². The summed E-state index contributed by atoms with van der Waals surface area (Å²) in [5.74, 6) is -0.657. The maximum absolute atomic E-state index is 13.2. The van der Waals surface area contributed by atoms with Crippen molar-refractivity contribution in [3.05, 3.63) is 70.8 Å². The van der Waals surface area contributed by atoms with Crippen molar-refractivity contribution in [3.8, 4) is 0 Å². The predicted molar refractivity (Wildman–Crippen MR) is 90.1 cm³/mol. The van der Waals surface area contributed by atoms with Crippen LogP contribution < -0.4 is 5.32 Å². The second-order valence-corrected chi connectivity index (χ2v) is 7.00. The number of rotatable bonds is 2. The van der Waals surface area contributed by atoms with Crippen LogP contribution in [-0.2, 0) is 10.0 Å². The lowest BCUT2D eigenvalue weighted by molar-refractivity contribution is 0.608. The summed E-state index contributed by atoms with van der Waals surface area (Å²) in [6.07, 6.45) is 0. The van der Waals surface area contributed by atoms with Crippen LogP contribution in [0.5, 0.6) is 0 Å². The third-order valence-electron chi connectivity index (χ3n) is 3.71. The summed E-state index contributed by atoms with van der Waals surface area (Å²) >= 11 is 0. The molecular formula is C17H14F2N2O2S. The van der Waals surface area contributed by atoms with E-state index in [0.29, 0.717) is 22.4 Å². The fourth-order valence-corrected chi connectivity index (χ4v) is 3.95. The van der Waals surface area contributed by atoms with Gasteiger partial charge in [-0.1, -0.05) is 12.1 Å². The molecule has 0 aliphatic carbocycles. The number of nitrogens with one attached hydrogen (secondary N) is 1. The first-order valence-corrected chi connectivity index (χ1v) is 8.57. The molecule has 4 nitrogen and oxygen atoms in total. The summed E-state index contributed by atoms with van der Waals surface area (Å²) in [4.78, 5) is 0.0322. The van der Waals surface area contributed by atoms with Gasteiger partial charge >= 0.3 is 0 Å². The van der Waals surface area contributed by atoms with E-state index in [4.69, 9.17) is 0 Å². The highest BCUT2D eigenvalue weighted by Gasteiger charge is 2.31. The van der Waals surface area contributed by atoms with E-state index in [1.807, 2.05) is 0 Å². The topological polar surface area (TPSA) is 58.5 Å². The molecule has 0 radical (unpaired) electrons. The smallest absolute Gasteiger partial charge is 0.285 e. The molecule has 24 heavy (non-hydrogen) atoms. The average molecular weight is 348 g/mol. The Morgan fingerprint density at radius 1 is 0.958 bits per heavy atom. The minimum atomic E-state index is -3.88. The van der Waals surface area contributed by atoms with Gasteiger partial charge in [0.25, 0.3) is 10.0 Å². The molecule has 0 fully saturated rings. The number of benzene rings is 2. The van der Waals surface area contributed by atoms with Gasteiger partial charge in [-0.15, -0.1) is 4.40 Å². The van der Waals surface area contributed by atoms with E-state index in [1.54, 1.807) is 13.8 Å². The van der Waals surface area contributed by atoms with Crippen molar-refractivity contribution in [1.82, 2.24) is 0 Å². The summed E-state index contributed by atoms with van der Waals surface area (Å²) < 4.78 is 54.7. The van der Waals surface area contributed by atoms with Crippen LogP contribution in [0.2, 0.25) is 0 Å². The van der Waals surface area contributed by atoms with Crippen LogP contribution >= 0.6 is 0 Å². The molecule has 0 bridgehead atoms. The number of aryl methyl sites for hydroxylation is 1. The molecule has 0 amide bonds. The summed E-state index contributed by atoms with van der Waals surface area (Å²) in [5.41, 5.74) is 1.97. The zero-order valence-electron chi connectivity index (χ0n) is 13.0. The van der Waals surface area contributed by atoms with E-state index in [2.05, 4.69) is 9.71 Å². The third-order valence-corrected chi connectivity index (χ3v) is 5.19. The van der Waals surface area contributed by atoms with Gasteiger partial charge in [-0.05, 0) is 55.3 Å². The summed E-state index contributed by atoms with van der Waals surface area (Å²) in [5, 5.41) is 2.93. The van der Waals surface area contributed by atoms with Crippen LogP contribution in [0, 0.1) is 18.6 Å². The zero-order valence-corrected chi connectivity index (χ0v) is 13.8. The lowest BCUT2D eigenvalue weighted by atomic mass is 10.1. The first-order chi connectivity index (χ1) is 11.3. The first kappa shape index (κ1) is 16.3. The lowest BCUT2D eigenvalue weighted by Gasteiger charge is -2.10. The van der Waals surface area contributed by atoms with Gasteiger partial charge in [-0.3, -0.25) is 0 Å². The van der Waals surface area contributed by atoms with Gasteiger partial charge in [0.2, 0.25) is 0 Å². The number of sulfonamides is 1. The average Bonchev–Trinajstić information content (AvgIpc) is 2.73. The minimum Gasteiger partial charge on any atom is -0.339 e. The maximum Gasteiger partial charge on any atom is 0.285 e. The standard InChI is InChI=1S/C17H14F2N2O2S/c1-10-9-14(19)7-8-15(10)20-17-11(2)16(24(22,23)21-17)12-3-5-13(18)6-4-12/h3-9H,1-2H3,(H,20,21). The second-order valence-electron chi connectivity index (χ2n) is 5.46.